The zero-order valence-electron chi connectivity index (χ0n) is 10.3. The highest BCUT2D eigenvalue weighted by Gasteiger charge is 2.17. The maximum Gasteiger partial charge on any atom is 0.207 e. The van der Waals surface area contributed by atoms with Gasteiger partial charge in [-0.1, -0.05) is 11.6 Å². The summed E-state index contributed by atoms with van der Waals surface area (Å²) in [5.41, 5.74) is 0.379. The summed E-state index contributed by atoms with van der Waals surface area (Å²) in [6, 6.07) is 0. The van der Waals surface area contributed by atoms with E-state index in [1.807, 2.05) is 13.8 Å². The number of ether oxygens (including phenoxy) is 2. The first kappa shape index (κ1) is 14.2. The van der Waals surface area contributed by atoms with E-state index in [4.69, 9.17) is 21.1 Å². The molecule has 0 aromatic carbocycles. The molecule has 6 heteroatoms. The van der Waals surface area contributed by atoms with Crippen molar-refractivity contribution in [2.45, 2.75) is 26.5 Å². The third-order valence-electron chi connectivity index (χ3n) is 2.11. The molecule has 0 atom stereocenters. The van der Waals surface area contributed by atoms with Crippen molar-refractivity contribution in [3.8, 4) is 0 Å². The Balaban J connectivity index is 2.73. The smallest absolute Gasteiger partial charge is 0.207 e. The molecule has 0 unspecified atom stereocenters. The molecule has 0 radical (unpaired) electrons. The van der Waals surface area contributed by atoms with E-state index >= 15 is 0 Å². The summed E-state index contributed by atoms with van der Waals surface area (Å²) in [7, 11) is 1.59. The zero-order valence-corrected chi connectivity index (χ0v) is 11.0. The Labute approximate surface area is 106 Å². The Morgan fingerprint density at radius 2 is 2.29 bits per heavy atom. The van der Waals surface area contributed by atoms with Gasteiger partial charge in [0.15, 0.2) is 0 Å². The van der Waals surface area contributed by atoms with Crippen LogP contribution in [-0.4, -0.2) is 42.0 Å². The molecule has 0 spiro atoms. The van der Waals surface area contributed by atoms with E-state index in [9.17, 15) is 4.79 Å². The van der Waals surface area contributed by atoms with Gasteiger partial charge in [0.05, 0.1) is 30.5 Å². The van der Waals surface area contributed by atoms with E-state index in [1.165, 1.54) is 10.9 Å². The molecule has 1 rings (SSSR count). The van der Waals surface area contributed by atoms with Crippen molar-refractivity contribution in [2.24, 2.45) is 0 Å². The number of Topliss-reactive ketones (excluding diaryl/α,β-unsaturated/α-hetero) is 1. The van der Waals surface area contributed by atoms with Gasteiger partial charge in [-0.2, -0.15) is 5.10 Å². The standard InChI is InChI=1S/C11H17ClN2O3/c1-8(2)17-7-10(15)11-9(12)6-13-14(11)4-5-16-3/h6,8H,4-5,7H2,1-3H3. The van der Waals surface area contributed by atoms with Crippen LogP contribution in [0.3, 0.4) is 0 Å². The van der Waals surface area contributed by atoms with Gasteiger partial charge in [0.1, 0.15) is 12.3 Å². The second kappa shape index (κ2) is 6.74. The van der Waals surface area contributed by atoms with Crippen LogP contribution in [0.4, 0.5) is 0 Å². The predicted molar refractivity (Wildman–Crippen MR) is 64.5 cm³/mol. The van der Waals surface area contributed by atoms with Gasteiger partial charge in [-0.3, -0.25) is 9.48 Å². The van der Waals surface area contributed by atoms with Crippen LogP contribution in [0.2, 0.25) is 5.02 Å². The molecule has 0 amide bonds. The van der Waals surface area contributed by atoms with Crippen LogP contribution in [0.1, 0.15) is 24.3 Å². The van der Waals surface area contributed by atoms with Gasteiger partial charge in [0.2, 0.25) is 5.78 Å². The Morgan fingerprint density at radius 3 is 2.88 bits per heavy atom. The first-order valence-electron chi connectivity index (χ1n) is 5.41. The lowest BCUT2D eigenvalue weighted by molar-refractivity contribution is 0.0574. The number of methoxy groups -OCH3 is 1. The summed E-state index contributed by atoms with van der Waals surface area (Å²) in [5, 5.41) is 4.38. The van der Waals surface area contributed by atoms with E-state index in [0.29, 0.717) is 23.9 Å². The van der Waals surface area contributed by atoms with E-state index in [-0.39, 0.29) is 18.5 Å². The summed E-state index contributed by atoms with van der Waals surface area (Å²) in [6.45, 7) is 4.72. The van der Waals surface area contributed by atoms with Gasteiger partial charge in [-0.15, -0.1) is 0 Å². The molecule has 17 heavy (non-hydrogen) atoms. The molecule has 0 saturated heterocycles. The second-order valence-corrected chi connectivity index (χ2v) is 4.25. The van der Waals surface area contributed by atoms with Crippen molar-refractivity contribution in [3.05, 3.63) is 16.9 Å². The number of ketones is 1. The number of nitrogens with zero attached hydrogens (tertiary/aromatic N) is 2. The third-order valence-corrected chi connectivity index (χ3v) is 2.39. The number of rotatable bonds is 7. The lowest BCUT2D eigenvalue weighted by Gasteiger charge is -2.09. The molecule has 0 fully saturated rings. The first-order valence-corrected chi connectivity index (χ1v) is 5.79. The summed E-state index contributed by atoms with van der Waals surface area (Å²) < 4.78 is 11.7. The van der Waals surface area contributed by atoms with Crippen LogP contribution in [-0.2, 0) is 16.0 Å². The molecule has 0 saturated carbocycles. The van der Waals surface area contributed by atoms with Crippen LogP contribution < -0.4 is 0 Å². The van der Waals surface area contributed by atoms with Crippen molar-refractivity contribution in [1.82, 2.24) is 9.78 Å². The average molecular weight is 261 g/mol. The van der Waals surface area contributed by atoms with Gasteiger partial charge in [-0.25, -0.2) is 0 Å². The fourth-order valence-electron chi connectivity index (χ4n) is 1.30. The van der Waals surface area contributed by atoms with E-state index in [0.717, 1.165) is 0 Å². The molecule has 96 valence electrons. The van der Waals surface area contributed by atoms with Crippen LogP contribution >= 0.6 is 11.6 Å². The summed E-state index contributed by atoms with van der Waals surface area (Å²) >= 11 is 5.93. The molecule has 0 bridgehead atoms. The number of carbonyl (C=O) groups is 1. The number of aromatic nitrogens is 2. The number of carbonyl (C=O) groups excluding carboxylic acids is 1. The van der Waals surface area contributed by atoms with Gasteiger partial charge >= 0.3 is 0 Å². The highest BCUT2D eigenvalue weighted by atomic mass is 35.5. The molecule has 5 nitrogen and oxygen atoms in total. The Bertz CT molecular complexity index is 377. The van der Waals surface area contributed by atoms with Gasteiger partial charge in [-0.05, 0) is 13.8 Å². The minimum absolute atomic E-state index is 0.00747. The van der Waals surface area contributed by atoms with Crippen molar-refractivity contribution in [1.29, 1.82) is 0 Å². The first-order chi connectivity index (χ1) is 8.06. The van der Waals surface area contributed by atoms with Crippen molar-refractivity contribution < 1.29 is 14.3 Å². The highest BCUT2D eigenvalue weighted by molar-refractivity contribution is 6.33. The Hall–Kier alpha value is -0.910. The van der Waals surface area contributed by atoms with Gasteiger partial charge in [0, 0.05) is 7.11 Å². The third kappa shape index (κ3) is 4.11. The monoisotopic (exact) mass is 260 g/mol. The summed E-state index contributed by atoms with van der Waals surface area (Å²) in [4.78, 5) is 11.9. The lowest BCUT2D eigenvalue weighted by Crippen LogP contribution is -2.19. The zero-order chi connectivity index (χ0) is 12.8. The number of hydrogen-bond donors (Lipinski definition) is 0. The van der Waals surface area contributed by atoms with Crippen LogP contribution in [0.15, 0.2) is 6.20 Å². The van der Waals surface area contributed by atoms with Gasteiger partial charge < -0.3 is 9.47 Å². The SMILES string of the molecule is COCCn1ncc(Cl)c1C(=O)COC(C)C. The van der Waals surface area contributed by atoms with E-state index in [1.54, 1.807) is 7.11 Å². The molecule has 0 aliphatic heterocycles. The largest absolute Gasteiger partial charge is 0.383 e. The maximum absolute atomic E-state index is 11.9. The summed E-state index contributed by atoms with van der Waals surface area (Å²) in [6.07, 6.45) is 1.47. The molecule has 0 aliphatic rings. The summed E-state index contributed by atoms with van der Waals surface area (Å²) in [5.74, 6) is -0.169. The molecule has 1 heterocycles. The predicted octanol–water partition coefficient (Wildman–Crippen LogP) is 1.79. The normalized spacial score (nSPS) is 11.1. The number of halogens is 1. The minimum atomic E-state index is -0.169. The topological polar surface area (TPSA) is 53.4 Å². The second-order valence-electron chi connectivity index (χ2n) is 3.84. The lowest BCUT2D eigenvalue weighted by atomic mass is 10.3. The molecular formula is C11H17ClN2O3. The molecule has 1 aromatic heterocycles. The van der Waals surface area contributed by atoms with Crippen molar-refractivity contribution in [3.63, 3.8) is 0 Å². The molecule has 0 N–H and O–H groups in total. The van der Waals surface area contributed by atoms with Gasteiger partial charge in [0.25, 0.3) is 0 Å². The quantitative estimate of drug-likeness (QED) is 0.702. The molecule has 1 aromatic rings. The highest BCUT2D eigenvalue weighted by Crippen LogP contribution is 2.16. The maximum atomic E-state index is 11.9. The molecule has 0 aliphatic carbocycles. The van der Waals surface area contributed by atoms with Crippen LogP contribution in [0, 0.1) is 0 Å². The fraction of sp³-hybridized carbons (Fsp3) is 0.636. The molecular weight excluding hydrogens is 244 g/mol. The van der Waals surface area contributed by atoms with E-state index in [2.05, 4.69) is 5.10 Å². The van der Waals surface area contributed by atoms with Crippen LogP contribution in [0.25, 0.3) is 0 Å². The Kier molecular flexibility index (Phi) is 5.61. The fourth-order valence-corrected chi connectivity index (χ4v) is 1.54. The Morgan fingerprint density at radius 1 is 1.59 bits per heavy atom. The van der Waals surface area contributed by atoms with E-state index < -0.39 is 0 Å². The van der Waals surface area contributed by atoms with Crippen molar-refractivity contribution >= 4 is 17.4 Å². The van der Waals surface area contributed by atoms with Crippen LogP contribution in [0.5, 0.6) is 0 Å². The average Bonchev–Trinajstić information content (AvgIpc) is 2.64. The number of hydrogen-bond acceptors (Lipinski definition) is 4. The minimum Gasteiger partial charge on any atom is -0.383 e. The van der Waals surface area contributed by atoms with Crippen molar-refractivity contribution in [2.75, 3.05) is 20.3 Å².